The van der Waals surface area contributed by atoms with Crippen LogP contribution in [-0.4, -0.2) is 55.7 Å². The van der Waals surface area contributed by atoms with Crippen molar-refractivity contribution < 1.29 is 14.3 Å². The van der Waals surface area contributed by atoms with Crippen molar-refractivity contribution in [3.05, 3.63) is 78.4 Å². The molecule has 1 heterocycles. The average molecular weight is 409 g/mol. The fraction of sp³-hybridized carbons (Fsp3) is 0.304. The van der Waals surface area contributed by atoms with E-state index in [1.807, 2.05) is 18.2 Å². The summed E-state index contributed by atoms with van der Waals surface area (Å²) in [7, 11) is 0. The van der Waals surface area contributed by atoms with Gasteiger partial charge in [0.25, 0.3) is 5.91 Å². The van der Waals surface area contributed by atoms with Crippen LogP contribution in [0.5, 0.6) is 0 Å². The average Bonchev–Trinajstić information content (AvgIpc) is 2.77. The number of anilines is 1. The summed E-state index contributed by atoms with van der Waals surface area (Å²) >= 11 is 0. The summed E-state index contributed by atoms with van der Waals surface area (Å²) in [6.07, 6.45) is 1.57. The van der Waals surface area contributed by atoms with Crippen molar-refractivity contribution >= 4 is 17.6 Å². The maximum atomic E-state index is 12.2. The Balaban J connectivity index is 1.41. The first-order valence-corrected chi connectivity index (χ1v) is 10.1. The summed E-state index contributed by atoms with van der Waals surface area (Å²) < 4.78 is 5.79. The topological polar surface area (TPSA) is 82.7 Å². The van der Waals surface area contributed by atoms with Gasteiger partial charge >= 0.3 is 6.03 Å². The van der Waals surface area contributed by atoms with Gasteiger partial charge in [-0.1, -0.05) is 36.4 Å². The molecule has 1 atom stereocenters. The van der Waals surface area contributed by atoms with E-state index in [0.29, 0.717) is 30.9 Å². The fourth-order valence-electron chi connectivity index (χ4n) is 3.24. The molecule has 1 saturated heterocycles. The lowest BCUT2D eigenvalue weighted by atomic mass is 10.2. The molecule has 158 valence electrons. The van der Waals surface area contributed by atoms with Gasteiger partial charge in [0.2, 0.25) is 0 Å². The van der Waals surface area contributed by atoms with Gasteiger partial charge in [-0.25, -0.2) is 4.79 Å². The van der Waals surface area contributed by atoms with Gasteiger partial charge in [0, 0.05) is 44.0 Å². The third kappa shape index (κ3) is 6.72. The number of ether oxygens (including phenoxy) is 1. The van der Waals surface area contributed by atoms with Crippen molar-refractivity contribution in [2.24, 2.45) is 0 Å². The van der Waals surface area contributed by atoms with Crippen LogP contribution in [0.1, 0.15) is 15.9 Å². The molecule has 1 aliphatic heterocycles. The SMILES string of the molecule is C=CCNC(=O)c1ccc(NC(=O)NCC2CN(Cc3ccccc3)CCO2)cc1. The van der Waals surface area contributed by atoms with E-state index in [4.69, 9.17) is 4.74 Å². The fourth-order valence-corrected chi connectivity index (χ4v) is 3.24. The van der Waals surface area contributed by atoms with E-state index < -0.39 is 0 Å². The number of hydrogen-bond acceptors (Lipinski definition) is 4. The van der Waals surface area contributed by atoms with E-state index in [1.54, 1.807) is 30.3 Å². The number of benzene rings is 2. The second-order valence-electron chi connectivity index (χ2n) is 7.12. The molecule has 2 aromatic rings. The van der Waals surface area contributed by atoms with Gasteiger partial charge in [-0.15, -0.1) is 6.58 Å². The molecule has 3 N–H and O–H groups in total. The number of nitrogens with one attached hydrogen (secondary N) is 3. The minimum atomic E-state index is -0.303. The minimum Gasteiger partial charge on any atom is -0.374 e. The summed E-state index contributed by atoms with van der Waals surface area (Å²) in [5.74, 6) is -0.180. The van der Waals surface area contributed by atoms with Crippen LogP contribution < -0.4 is 16.0 Å². The molecule has 30 heavy (non-hydrogen) atoms. The number of morpholine rings is 1. The minimum absolute atomic E-state index is 0.0517. The quantitative estimate of drug-likeness (QED) is 0.587. The van der Waals surface area contributed by atoms with Crippen LogP contribution in [0.3, 0.4) is 0 Å². The van der Waals surface area contributed by atoms with Crippen LogP contribution in [0.4, 0.5) is 10.5 Å². The Morgan fingerprint density at radius 3 is 2.60 bits per heavy atom. The molecule has 1 aliphatic rings. The molecule has 3 rings (SSSR count). The molecule has 0 aliphatic carbocycles. The number of carbonyl (C=O) groups excluding carboxylic acids is 2. The Bertz CT molecular complexity index is 839. The molecule has 3 amide bonds. The smallest absolute Gasteiger partial charge is 0.319 e. The Kier molecular flexibility index (Phi) is 8.00. The first-order chi connectivity index (χ1) is 14.6. The van der Waals surface area contributed by atoms with Crippen molar-refractivity contribution in [2.75, 3.05) is 38.1 Å². The highest BCUT2D eigenvalue weighted by atomic mass is 16.5. The molecule has 7 heteroatoms. The first kappa shape index (κ1) is 21.5. The number of rotatable bonds is 8. The van der Waals surface area contributed by atoms with E-state index in [9.17, 15) is 9.59 Å². The zero-order chi connectivity index (χ0) is 21.2. The number of urea groups is 1. The van der Waals surface area contributed by atoms with E-state index in [2.05, 4.69) is 39.6 Å². The van der Waals surface area contributed by atoms with Gasteiger partial charge < -0.3 is 20.7 Å². The molecule has 7 nitrogen and oxygen atoms in total. The van der Waals surface area contributed by atoms with Gasteiger partial charge in [-0.05, 0) is 29.8 Å². The van der Waals surface area contributed by atoms with Crippen LogP contribution in [0, 0.1) is 0 Å². The summed E-state index contributed by atoms with van der Waals surface area (Å²) in [6.45, 7) is 7.58. The van der Waals surface area contributed by atoms with E-state index in [1.165, 1.54) is 5.56 Å². The molecule has 0 aromatic heterocycles. The Hall–Kier alpha value is -3.16. The van der Waals surface area contributed by atoms with Gasteiger partial charge in [0.05, 0.1) is 12.7 Å². The van der Waals surface area contributed by atoms with Gasteiger partial charge in [0.1, 0.15) is 0 Å². The summed E-state index contributed by atoms with van der Waals surface area (Å²) in [6, 6.07) is 16.7. The standard InChI is InChI=1S/C23H28N4O3/c1-2-12-24-22(28)19-8-10-20(11-9-19)26-23(29)25-15-21-17-27(13-14-30-21)16-18-6-4-3-5-7-18/h2-11,21H,1,12-17H2,(H,24,28)(H2,25,26,29). The normalized spacial score (nSPS) is 16.5. The highest BCUT2D eigenvalue weighted by molar-refractivity contribution is 5.95. The maximum absolute atomic E-state index is 12.2. The zero-order valence-corrected chi connectivity index (χ0v) is 17.0. The maximum Gasteiger partial charge on any atom is 0.319 e. The lowest BCUT2D eigenvalue weighted by molar-refractivity contribution is -0.0285. The molecule has 0 bridgehead atoms. The Morgan fingerprint density at radius 2 is 1.87 bits per heavy atom. The van der Waals surface area contributed by atoms with Crippen molar-refractivity contribution in [3.8, 4) is 0 Å². The van der Waals surface area contributed by atoms with E-state index in [0.717, 1.165) is 19.6 Å². The third-order valence-electron chi connectivity index (χ3n) is 4.77. The summed E-state index contributed by atoms with van der Waals surface area (Å²) in [4.78, 5) is 26.4. The predicted molar refractivity (Wildman–Crippen MR) is 117 cm³/mol. The number of nitrogens with zero attached hydrogens (tertiary/aromatic N) is 1. The third-order valence-corrected chi connectivity index (χ3v) is 4.77. The van der Waals surface area contributed by atoms with Crippen molar-refractivity contribution in [1.29, 1.82) is 0 Å². The number of hydrogen-bond donors (Lipinski definition) is 3. The van der Waals surface area contributed by atoms with Crippen LogP contribution in [0.25, 0.3) is 0 Å². The molecule has 0 radical (unpaired) electrons. The Morgan fingerprint density at radius 1 is 1.10 bits per heavy atom. The second-order valence-corrected chi connectivity index (χ2v) is 7.12. The summed E-state index contributed by atoms with van der Waals surface area (Å²) in [5.41, 5.74) is 2.41. The van der Waals surface area contributed by atoms with Crippen LogP contribution >= 0.6 is 0 Å². The van der Waals surface area contributed by atoms with Crippen molar-refractivity contribution in [1.82, 2.24) is 15.5 Å². The van der Waals surface area contributed by atoms with Crippen LogP contribution in [0.2, 0.25) is 0 Å². The molecule has 0 spiro atoms. The van der Waals surface area contributed by atoms with Gasteiger partial charge in [-0.3, -0.25) is 9.69 Å². The van der Waals surface area contributed by atoms with Crippen molar-refractivity contribution in [3.63, 3.8) is 0 Å². The number of carbonyl (C=O) groups is 2. The molecule has 0 saturated carbocycles. The van der Waals surface area contributed by atoms with Crippen molar-refractivity contribution in [2.45, 2.75) is 12.6 Å². The number of amides is 3. The zero-order valence-electron chi connectivity index (χ0n) is 17.0. The molecule has 2 aromatic carbocycles. The Labute approximate surface area is 177 Å². The monoisotopic (exact) mass is 408 g/mol. The molecule has 1 fully saturated rings. The first-order valence-electron chi connectivity index (χ1n) is 10.1. The van der Waals surface area contributed by atoms with Gasteiger partial charge in [0.15, 0.2) is 0 Å². The van der Waals surface area contributed by atoms with Crippen LogP contribution in [0.15, 0.2) is 67.3 Å². The van der Waals surface area contributed by atoms with E-state index >= 15 is 0 Å². The van der Waals surface area contributed by atoms with E-state index in [-0.39, 0.29) is 18.0 Å². The molecular formula is C23H28N4O3. The highest BCUT2D eigenvalue weighted by Gasteiger charge is 2.21. The van der Waals surface area contributed by atoms with Crippen LogP contribution in [-0.2, 0) is 11.3 Å². The largest absolute Gasteiger partial charge is 0.374 e. The summed E-state index contributed by atoms with van der Waals surface area (Å²) in [5, 5.41) is 8.34. The lowest BCUT2D eigenvalue weighted by Crippen LogP contribution is -2.47. The molecule has 1 unspecified atom stereocenters. The molecular weight excluding hydrogens is 380 g/mol. The predicted octanol–water partition coefficient (Wildman–Crippen LogP) is 2.62. The second kappa shape index (κ2) is 11.1. The highest BCUT2D eigenvalue weighted by Crippen LogP contribution is 2.11. The van der Waals surface area contributed by atoms with Gasteiger partial charge in [-0.2, -0.15) is 0 Å². The lowest BCUT2D eigenvalue weighted by Gasteiger charge is -2.33.